The molecule has 0 fully saturated rings. The van der Waals surface area contributed by atoms with Crippen LogP contribution in [-0.4, -0.2) is 15.4 Å². The normalized spacial score (nSPS) is 13.6. The lowest BCUT2D eigenvalue weighted by molar-refractivity contribution is 0.686. The van der Waals surface area contributed by atoms with Crippen LogP contribution in [0.5, 0.6) is 0 Å². The zero-order valence-corrected chi connectivity index (χ0v) is 10.6. The predicted molar refractivity (Wildman–Crippen MR) is 66.0 cm³/mol. The van der Waals surface area contributed by atoms with Gasteiger partial charge in [-0.05, 0) is 23.6 Å². The summed E-state index contributed by atoms with van der Waals surface area (Å²) in [4.78, 5) is 4.33. The molecular formula is C11H13NOS2. The lowest BCUT2D eigenvalue weighted by Crippen LogP contribution is -1.85. The van der Waals surface area contributed by atoms with Crippen molar-refractivity contribution in [3.8, 4) is 0 Å². The van der Waals surface area contributed by atoms with Gasteiger partial charge >= 0.3 is 0 Å². The van der Waals surface area contributed by atoms with Crippen molar-refractivity contribution in [1.82, 2.24) is 4.98 Å². The molecule has 1 heterocycles. The van der Waals surface area contributed by atoms with E-state index >= 15 is 0 Å². The molecule has 1 unspecified atom stereocenters. The third-order valence-electron chi connectivity index (χ3n) is 2.31. The molecule has 0 radical (unpaired) electrons. The monoisotopic (exact) mass is 239 g/mol. The van der Waals surface area contributed by atoms with E-state index in [0.29, 0.717) is 10.3 Å². The Morgan fingerprint density at radius 2 is 2.13 bits per heavy atom. The second-order valence-electron chi connectivity index (χ2n) is 3.82. The maximum atomic E-state index is 11.3. The first kappa shape index (κ1) is 10.8. The molecule has 0 aliphatic carbocycles. The van der Waals surface area contributed by atoms with Crippen LogP contribution in [0.25, 0.3) is 10.2 Å². The summed E-state index contributed by atoms with van der Waals surface area (Å²) in [6.07, 6.45) is 1.67. The van der Waals surface area contributed by atoms with Crippen molar-refractivity contribution >= 4 is 32.4 Å². The summed E-state index contributed by atoms with van der Waals surface area (Å²) >= 11 is 1.53. The second-order valence-corrected chi connectivity index (χ2v) is 6.40. The van der Waals surface area contributed by atoms with Crippen LogP contribution in [0.2, 0.25) is 0 Å². The minimum Gasteiger partial charge on any atom is -0.252 e. The second kappa shape index (κ2) is 4.02. The van der Waals surface area contributed by atoms with Gasteiger partial charge < -0.3 is 0 Å². The minimum atomic E-state index is -0.972. The Morgan fingerprint density at radius 1 is 1.40 bits per heavy atom. The first-order valence-corrected chi connectivity index (χ1v) is 7.19. The summed E-state index contributed by atoms with van der Waals surface area (Å²) in [6.45, 7) is 4.34. The van der Waals surface area contributed by atoms with Crippen molar-refractivity contribution in [2.45, 2.75) is 24.1 Å². The molecule has 0 amide bonds. The third kappa shape index (κ3) is 2.11. The maximum absolute atomic E-state index is 11.3. The smallest absolute Gasteiger partial charge is 0.181 e. The van der Waals surface area contributed by atoms with E-state index in [1.165, 1.54) is 16.9 Å². The first-order chi connectivity index (χ1) is 7.08. The van der Waals surface area contributed by atoms with Gasteiger partial charge in [-0.1, -0.05) is 19.9 Å². The minimum absolute atomic E-state index is 0.520. The number of nitrogens with zero attached hydrogens (tertiary/aromatic N) is 1. The van der Waals surface area contributed by atoms with Crippen molar-refractivity contribution in [1.29, 1.82) is 0 Å². The van der Waals surface area contributed by atoms with E-state index in [0.717, 1.165) is 10.2 Å². The van der Waals surface area contributed by atoms with E-state index in [9.17, 15) is 4.21 Å². The molecule has 0 aliphatic rings. The van der Waals surface area contributed by atoms with E-state index in [1.54, 1.807) is 6.26 Å². The van der Waals surface area contributed by atoms with Crippen LogP contribution in [0.4, 0.5) is 0 Å². The molecule has 0 saturated carbocycles. The van der Waals surface area contributed by atoms with Gasteiger partial charge in [-0.2, -0.15) is 0 Å². The summed E-state index contributed by atoms with van der Waals surface area (Å²) in [5, 5.41) is 0. The summed E-state index contributed by atoms with van der Waals surface area (Å²) in [5.74, 6) is 0.520. The van der Waals surface area contributed by atoms with Crippen LogP contribution >= 0.6 is 11.3 Å². The number of rotatable bonds is 2. The molecule has 1 aromatic carbocycles. The van der Waals surface area contributed by atoms with Gasteiger partial charge in [0.1, 0.15) is 0 Å². The summed E-state index contributed by atoms with van der Waals surface area (Å²) in [5.41, 5.74) is 2.26. The summed E-state index contributed by atoms with van der Waals surface area (Å²) in [7, 11) is -0.972. The van der Waals surface area contributed by atoms with Crippen molar-refractivity contribution in [3.63, 3.8) is 0 Å². The largest absolute Gasteiger partial charge is 0.252 e. The molecule has 2 aromatic rings. The van der Waals surface area contributed by atoms with Gasteiger partial charge in [0.25, 0.3) is 0 Å². The Balaban J connectivity index is 2.57. The van der Waals surface area contributed by atoms with Gasteiger partial charge in [0.2, 0.25) is 0 Å². The Kier molecular flexibility index (Phi) is 2.89. The highest BCUT2D eigenvalue weighted by Gasteiger charge is 2.08. The molecular weight excluding hydrogens is 226 g/mol. The number of benzene rings is 1. The zero-order chi connectivity index (χ0) is 11.0. The molecule has 0 spiro atoms. The van der Waals surface area contributed by atoms with E-state index < -0.39 is 10.8 Å². The fourth-order valence-corrected chi connectivity index (χ4v) is 3.11. The van der Waals surface area contributed by atoms with Crippen LogP contribution in [0, 0.1) is 0 Å². The number of thiazole rings is 1. The van der Waals surface area contributed by atoms with Crippen molar-refractivity contribution in [3.05, 3.63) is 23.8 Å². The Hall–Kier alpha value is -0.740. The molecule has 0 N–H and O–H groups in total. The maximum Gasteiger partial charge on any atom is 0.181 e. The number of fused-ring (bicyclic) bond motifs is 1. The topological polar surface area (TPSA) is 30.0 Å². The molecule has 15 heavy (non-hydrogen) atoms. The molecule has 0 aliphatic heterocycles. The van der Waals surface area contributed by atoms with E-state index in [-0.39, 0.29) is 0 Å². The average molecular weight is 239 g/mol. The van der Waals surface area contributed by atoms with Crippen LogP contribution in [0.3, 0.4) is 0 Å². The molecule has 80 valence electrons. The number of hydrogen-bond donors (Lipinski definition) is 0. The lowest BCUT2D eigenvalue weighted by atomic mass is 10.0. The fourth-order valence-electron chi connectivity index (χ4n) is 1.40. The van der Waals surface area contributed by atoms with Crippen LogP contribution < -0.4 is 0 Å². The van der Waals surface area contributed by atoms with E-state index in [4.69, 9.17) is 0 Å². The SMILES string of the molecule is CC(C)c1ccc2nc(S(C)=O)sc2c1. The third-order valence-corrected chi connectivity index (χ3v) is 4.66. The fraction of sp³-hybridized carbons (Fsp3) is 0.364. The lowest BCUT2D eigenvalue weighted by Gasteiger charge is -2.03. The predicted octanol–water partition coefficient (Wildman–Crippen LogP) is 3.16. The molecule has 2 rings (SSSR count). The standard InChI is InChI=1S/C11H13NOS2/c1-7(2)8-4-5-9-10(6-8)14-11(12-9)15(3)13/h4-7H,1-3H3. The molecule has 1 aromatic heterocycles. The Morgan fingerprint density at radius 3 is 2.73 bits per heavy atom. The van der Waals surface area contributed by atoms with Crippen LogP contribution in [0.1, 0.15) is 25.3 Å². The number of aromatic nitrogens is 1. The highest BCUT2D eigenvalue weighted by Crippen LogP contribution is 2.27. The molecule has 2 nitrogen and oxygen atoms in total. The highest BCUT2D eigenvalue weighted by molar-refractivity contribution is 7.86. The van der Waals surface area contributed by atoms with Crippen molar-refractivity contribution in [2.75, 3.05) is 6.26 Å². The first-order valence-electron chi connectivity index (χ1n) is 4.82. The Bertz CT molecular complexity index is 516. The van der Waals surface area contributed by atoms with Crippen molar-refractivity contribution in [2.24, 2.45) is 0 Å². The molecule has 4 heteroatoms. The molecule has 1 atom stereocenters. The van der Waals surface area contributed by atoms with Gasteiger partial charge in [-0.15, -0.1) is 11.3 Å². The van der Waals surface area contributed by atoms with Gasteiger partial charge in [-0.3, -0.25) is 4.21 Å². The quantitative estimate of drug-likeness (QED) is 0.805. The Labute approximate surface area is 95.8 Å². The van der Waals surface area contributed by atoms with Gasteiger partial charge in [0.05, 0.1) is 21.0 Å². The zero-order valence-electron chi connectivity index (χ0n) is 8.98. The highest BCUT2D eigenvalue weighted by atomic mass is 32.2. The molecule has 0 bridgehead atoms. The summed E-state index contributed by atoms with van der Waals surface area (Å²) < 4.78 is 13.1. The van der Waals surface area contributed by atoms with Gasteiger partial charge in [-0.25, -0.2) is 4.98 Å². The van der Waals surface area contributed by atoms with E-state index in [1.807, 2.05) is 6.07 Å². The van der Waals surface area contributed by atoms with Crippen LogP contribution in [0.15, 0.2) is 22.5 Å². The van der Waals surface area contributed by atoms with Gasteiger partial charge in [0.15, 0.2) is 4.34 Å². The summed E-state index contributed by atoms with van der Waals surface area (Å²) in [6, 6.07) is 6.25. The van der Waals surface area contributed by atoms with Crippen LogP contribution in [-0.2, 0) is 10.8 Å². The van der Waals surface area contributed by atoms with E-state index in [2.05, 4.69) is 31.0 Å². The van der Waals surface area contributed by atoms with Crippen molar-refractivity contribution < 1.29 is 4.21 Å². The molecule has 0 saturated heterocycles. The number of hydrogen-bond acceptors (Lipinski definition) is 3. The van der Waals surface area contributed by atoms with Gasteiger partial charge in [0, 0.05) is 6.26 Å². The average Bonchev–Trinajstić information content (AvgIpc) is 2.59.